The number of allylic oxidation sites excluding steroid dienone is 2. The molecule has 0 radical (unpaired) electrons. The lowest BCUT2D eigenvalue weighted by atomic mass is 10.1. The summed E-state index contributed by atoms with van der Waals surface area (Å²) >= 11 is 0. The molecule has 13 heavy (non-hydrogen) atoms. The second-order valence-corrected chi connectivity index (χ2v) is 4.00. The van der Waals surface area contributed by atoms with Gasteiger partial charge in [0, 0.05) is 0 Å². The molecule has 1 aliphatic rings. The van der Waals surface area contributed by atoms with Gasteiger partial charge in [-0.15, -0.1) is 0 Å². The van der Waals surface area contributed by atoms with E-state index in [1.54, 1.807) is 0 Å². The molecule has 0 fully saturated rings. The first-order valence-corrected chi connectivity index (χ1v) is 5.18. The summed E-state index contributed by atoms with van der Waals surface area (Å²) in [7, 11) is 0. The standard InChI is InChI=1S/C12H21N/c1-6-7-13-12-10(4)8(2)9(3)11(12)5/h12-13H,6-7H2,1-5H3. The average Bonchev–Trinajstić information content (AvgIpc) is 2.30. The molecule has 1 rings (SSSR count). The van der Waals surface area contributed by atoms with Gasteiger partial charge in [-0.3, -0.25) is 0 Å². The Morgan fingerprint density at radius 2 is 1.46 bits per heavy atom. The molecular weight excluding hydrogens is 158 g/mol. The summed E-state index contributed by atoms with van der Waals surface area (Å²) in [5.41, 5.74) is 5.96. The lowest BCUT2D eigenvalue weighted by Crippen LogP contribution is -2.30. The Hall–Kier alpha value is -0.560. The van der Waals surface area contributed by atoms with Gasteiger partial charge in [0.05, 0.1) is 6.04 Å². The molecule has 74 valence electrons. The first-order valence-electron chi connectivity index (χ1n) is 5.18. The van der Waals surface area contributed by atoms with Crippen LogP contribution in [0.25, 0.3) is 0 Å². The van der Waals surface area contributed by atoms with Gasteiger partial charge in [-0.2, -0.15) is 0 Å². The topological polar surface area (TPSA) is 12.0 Å². The van der Waals surface area contributed by atoms with Gasteiger partial charge >= 0.3 is 0 Å². The van der Waals surface area contributed by atoms with E-state index in [0.29, 0.717) is 6.04 Å². The Bertz CT molecular complexity index is 234. The highest BCUT2D eigenvalue weighted by molar-refractivity contribution is 5.48. The molecule has 0 atom stereocenters. The van der Waals surface area contributed by atoms with Gasteiger partial charge in [-0.05, 0) is 63.0 Å². The monoisotopic (exact) mass is 179 g/mol. The SMILES string of the molecule is CCCNC1C(C)=C(C)C(C)=C1C. The van der Waals surface area contributed by atoms with Crippen molar-refractivity contribution in [3.63, 3.8) is 0 Å². The lowest BCUT2D eigenvalue weighted by Gasteiger charge is -2.16. The number of rotatable bonds is 3. The van der Waals surface area contributed by atoms with Crippen molar-refractivity contribution in [2.75, 3.05) is 6.54 Å². The fourth-order valence-electron chi connectivity index (χ4n) is 1.94. The summed E-state index contributed by atoms with van der Waals surface area (Å²) in [4.78, 5) is 0. The number of hydrogen-bond donors (Lipinski definition) is 1. The normalized spacial score (nSPS) is 19.2. The summed E-state index contributed by atoms with van der Waals surface area (Å²) < 4.78 is 0. The van der Waals surface area contributed by atoms with E-state index in [2.05, 4.69) is 39.9 Å². The van der Waals surface area contributed by atoms with Crippen molar-refractivity contribution in [3.8, 4) is 0 Å². The third kappa shape index (κ3) is 1.86. The van der Waals surface area contributed by atoms with E-state index in [1.807, 2.05) is 0 Å². The molecule has 0 bridgehead atoms. The second kappa shape index (κ2) is 4.10. The Kier molecular flexibility index (Phi) is 3.32. The minimum absolute atomic E-state index is 0.514. The molecule has 0 heterocycles. The highest BCUT2D eigenvalue weighted by Gasteiger charge is 2.22. The molecule has 0 saturated carbocycles. The largest absolute Gasteiger partial charge is 0.307 e. The molecule has 0 amide bonds. The second-order valence-electron chi connectivity index (χ2n) is 4.00. The highest BCUT2D eigenvalue weighted by Crippen LogP contribution is 2.31. The Morgan fingerprint density at radius 3 is 1.85 bits per heavy atom. The maximum absolute atomic E-state index is 3.58. The van der Waals surface area contributed by atoms with E-state index in [1.165, 1.54) is 28.7 Å². The van der Waals surface area contributed by atoms with Gasteiger partial charge < -0.3 is 5.32 Å². The molecular formula is C12H21N. The molecule has 0 aromatic carbocycles. The molecule has 0 aromatic rings. The van der Waals surface area contributed by atoms with Gasteiger partial charge in [-0.1, -0.05) is 6.92 Å². The summed E-state index contributed by atoms with van der Waals surface area (Å²) in [6.45, 7) is 12.2. The fourth-order valence-corrected chi connectivity index (χ4v) is 1.94. The van der Waals surface area contributed by atoms with Crippen molar-refractivity contribution < 1.29 is 0 Å². The van der Waals surface area contributed by atoms with Gasteiger partial charge in [0.2, 0.25) is 0 Å². The summed E-state index contributed by atoms with van der Waals surface area (Å²) in [5, 5.41) is 3.58. The van der Waals surface area contributed by atoms with Crippen LogP contribution in [0.3, 0.4) is 0 Å². The van der Waals surface area contributed by atoms with Crippen LogP contribution in [0, 0.1) is 0 Å². The summed E-state index contributed by atoms with van der Waals surface area (Å²) in [6, 6.07) is 0.514. The van der Waals surface area contributed by atoms with Crippen LogP contribution in [-0.2, 0) is 0 Å². The zero-order valence-corrected chi connectivity index (χ0v) is 9.49. The van der Waals surface area contributed by atoms with Crippen molar-refractivity contribution in [2.45, 2.75) is 47.1 Å². The first-order chi connectivity index (χ1) is 6.09. The molecule has 0 aromatic heterocycles. The zero-order valence-electron chi connectivity index (χ0n) is 9.49. The molecule has 1 aliphatic carbocycles. The van der Waals surface area contributed by atoms with Crippen LogP contribution in [0.1, 0.15) is 41.0 Å². The molecule has 0 spiro atoms. The number of nitrogens with one attached hydrogen (secondary N) is 1. The van der Waals surface area contributed by atoms with Crippen LogP contribution in [0.2, 0.25) is 0 Å². The maximum Gasteiger partial charge on any atom is 0.0501 e. The van der Waals surface area contributed by atoms with Crippen LogP contribution in [-0.4, -0.2) is 12.6 Å². The Balaban J connectivity index is 2.77. The van der Waals surface area contributed by atoms with Crippen LogP contribution in [0.15, 0.2) is 22.3 Å². The Labute approximate surface area is 81.9 Å². The van der Waals surface area contributed by atoms with Gasteiger partial charge in [0.15, 0.2) is 0 Å². The maximum atomic E-state index is 3.58. The highest BCUT2D eigenvalue weighted by atomic mass is 14.9. The average molecular weight is 179 g/mol. The van der Waals surface area contributed by atoms with Crippen LogP contribution < -0.4 is 5.32 Å². The van der Waals surface area contributed by atoms with Gasteiger partial charge in [0.1, 0.15) is 0 Å². The minimum atomic E-state index is 0.514. The lowest BCUT2D eigenvalue weighted by molar-refractivity contribution is 0.623. The minimum Gasteiger partial charge on any atom is -0.307 e. The van der Waals surface area contributed by atoms with E-state index in [-0.39, 0.29) is 0 Å². The smallest absolute Gasteiger partial charge is 0.0501 e. The molecule has 1 heteroatoms. The van der Waals surface area contributed by atoms with E-state index in [4.69, 9.17) is 0 Å². The van der Waals surface area contributed by atoms with Crippen molar-refractivity contribution >= 4 is 0 Å². The first kappa shape index (κ1) is 10.5. The molecule has 1 nitrogen and oxygen atoms in total. The van der Waals surface area contributed by atoms with Crippen LogP contribution in [0.5, 0.6) is 0 Å². The molecule has 0 saturated heterocycles. The Morgan fingerprint density at radius 1 is 1.00 bits per heavy atom. The predicted octanol–water partition coefficient (Wildman–Crippen LogP) is 3.04. The van der Waals surface area contributed by atoms with Crippen molar-refractivity contribution in [2.24, 2.45) is 0 Å². The van der Waals surface area contributed by atoms with Gasteiger partial charge in [-0.25, -0.2) is 0 Å². The third-order valence-electron chi connectivity index (χ3n) is 3.21. The summed E-state index contributed by atoms with van der Waals surface area (Å²) in [5.74, 6) is 0. The summed E-state index contributed by atoms with van der Waals surface area (Å²) in [6.07, 6.45) is 1.20. The predicted molar refractivity (Wildman–Crippen MR) is 58.8 cm³/mol. The van der Waals surface area contributed by atoms with Crippen molar-refractivity contribution in [1.29, 1.82) is 0 Å². The molecule has 1 N–H and O–H groups in total. The van der Waals surface area contributed by atoms with E-state index in [9.17, 15) is 0 Å². The van der Waals surface area contributed by atoms with E-state index < -0.39 is 0 Å². The number of hydrogen-bond acceptors (Lipinski definition) is 1. The van der Waals surface area contributed by atoms with Crippen LogP contribution >= 0.6 is 0 Å². The van der Waals surface area contributed by atoms with Crippen molar-refractivity contribution in [1.82, 2.24) is 5.32 Å². The molecule has 0 aliphatic heterocycles. The van der Waals surface area contributed by atoms with Crippen molar-refractivity contribution in [3.05, 3.63) is 22.3 Å². The van der Waals surface area contributed by atoms with Gasteiger partial charge in [0.25, 0.3) is 0 Å². The quantitative estimate of drug-likeness (QED) is 0.702. The van der Waals surface area contributed by atoms with E-state index >= 15 is 0 Å². The van der Waals surface area contributed by atoms with Crippen LogP contribution in [0.4, 0.5) is 0 Å². The molecule has 0 unspecified atom stereocenters. The fraction of sp³-hybridized carbons (Fsp3) is 0.667. The zero-order chi connectivity index (χ0) is 10.0. The third-order valence-corrected chi connectivity index (χ3v) is 3.21. The van der Waals surface area contributed by atoms with E-state index in [0.717, 1.165) is 6.54 Å².